The molecular weight excluding hydrogens is 393 g/mol. The molecule has 28 heavy (non-hydrogen) atoms. The van der Waals surface area contributed by atoms with E-state index in [0.717, 1.165) is 6.42 Å². The predicted octanol–water partition coefficient (Wildman–Crippen LogP) is 4.69. The van der Waals surface area contributed by atoms with Crippen molar-refractivity contribution in [2.24, 2.45) is 0 Å². The number of anilines is 2. The fourth-order valence-corrected chi connectivity index (χ4v) is 3.61. The number of nitrogens with one attached hydrogen (secondary N) is 1. The van der Waals surface area contributed by atoms with Crippen LogP contribution in [0.2, 0.25) is 0 Å². The second-order valence-corrected chi connectivity index (χ2v) is 7.14. The number of hydrogen-bond acceptors (Lipinski definition) is 4. The van der Waals surface area contributed by atoms with Crippen molar-refractivity contribution in [1.82, 2.24) is 0 Å². The van der Waals surface area contributed by atoms with Gasteiger partial charge in [0.15, 0.2) is 0 Å². The Labute approximate surface area is 163 Å². The van der Waals surface area contributed by atoms with Gasteiger partial charge in [-0.2, -0.15) is 13.2 Å². The van der Waals surface area contributed by atoms with Gasteiger partial charge >= 0.3 is 5.51 Å². The van der Waals surface area contributed by atoms with Crippen LogP contribution < -0.4 is 15.0 Å². The van der Waals surface area contributed by atoms with E-state index in [9.17, 15) is 22.8 Å². The normalized spacial score (nSPS) is 14.3. The average Bonchev–Trinajstić information content (AvgIpc) is 3.06. The fourth-order valence-electron chi connectivity index (χ4n) is 2.95. The third-order valence-electron chi connectivity index (χ3n) is 4.16. The van der Waals surface area contributed by atoms with E-state index in [0.29, 0.717) is 30.1 Å². The zero-order valence-electron chi connectivity index (χ0n) is 14.9. The molecule has 1 aliphatic rings. The van der Waals surface area contributed by atoms with E-state index in [1.807, 2.05) is 0 Å². The Morgan fingerprint density at radius 1 is 1.21 bits per heavy atom. The highest BCUT2D eigenvalue weighted by atomic mass is 32.2. The lowest BCUT2D eigenvalue weighted by Gasteiger charge is -2.20. The first-order valence-electron chi connectivity index (χ1n) is 8.43. The van der Waals surface area contributed by atoms with Gasteiger partial charge in [-0.25, -0.2) is 0 Å². The molecule has 1 N–H and O–H groups in total. The van der Waals surface area contributed by atoms with Gasteiger partial charge in [0.2, 0.25) is 5.91 Å². The lowest BCUT2D eigenvalue weighted by molar-refractivity contribution is -0.117. The molecule has 148 valence electrons. The van der Waals surface area contributed by atoms with Gasteiger partial charge in [-0.05, 0) is 42.4 Å². The topological polar surface area (TPSA) is 58.6 Å². The van der Waals surface area contributed by atoms with E-state index >= 15 is 0 Å². The highest BCUT2D eigenvalue weighted by Crippen LogP contribution is 2.39. The van der Waals surface area contributed by atoms with Crippen molar-refractivity contribution in [3.8, 4) is 5.75 Å². The number of amides is 2. The van der Waals surface area contributed by atoms with Gasteiger partial charge in [-0.3, -0.25) is 9.59 Å². The Morgan fingerprint density at radius 2 is 1.96 bits per heavy atom. The van der Waals surface area contributed by atoms with Crippen molar-refractivity contribution >= 4 is 35.0 Å². The number of ether oxygens (including phenoxy) is 1. The van der Waals surface area contributed by atoms with Crippen molar-refractivity contribution in [1.29, 1.82) is 0 Å². The Hall–Kier alpha value is -2.68. The van der Waals surface area contributed by atoms with E-state index < -0.39 is 11.4 Å². The molecule has 3 rings (SSSR count). The molecule has 0 radical (unpaired) electrons. The predicted molar refractivity (Wildman–Crippen MR) is 101 cm³/mol. The molecule has 2 aromatic rings. The fraction of sp³-hybridized carbons (Fsp3) is 0.263. The summed E-state index contributed by atoms with van der Waals surface area (Å²) in [6.45, 7) is 0.586. The summed E-state index contributed by atoms with van der Waals surface area (Å²) in [5, 5.41) is 2.59. The molecule has 0 aliphatic carbocycles. The molecule has 1 aliphatic heterocycles. The second-order valence-electron chi connectivity index (χ2n) is 6.03. The molecule has 0 bridgehead atoms. The molecule has 1 heterocycles. The highest BCUT2D eigenvalue weighted by molar-refractivity contribution is 8.00. The molecule has 0 aromatic heterocycles. The molecule has 0 unspecified atom stereocenters. The molecule has 2 aromatic carbocycles. The van der Waals surface area contributed by atoms with E-state index in [1.54, 1.807) is 23.1 Å². The molecule has 1 saturated heterocycles. The van der Waals surface area contributed by atoms with E-state index in [1.165, 1.54) is 31.4 Å². The van der Waals surface area contributed by atoms with Crippen LogP contribution >= 0.6 is 11.8 Å². The quantitative estimate of drug-likeness (QED) is 0.727. The van der Waals surface area contributed by atoms with E-state index in [4.69, 9.17) is 4.74 Å². The van der Waals surface area contributed by atoms with Crippen LogP contribution in [0.4, 0.5) is 24.5 Å². The largest absolute Gasteiger partial charge is 0.494 e. The van der Waals surface area contributed by atoms with Gasteiger partial charge < -0.3 is 15.0 Å². The number of thioether (sulfide) groups is 1. The van der Waals surface area contributed by atoms with Crippen LogP contribution in [0.25, 0.3) is 0 Å². The summed E-state index contributed by atoms with van der Waals surface area (Å²) in [5.74, 6) is -0.279. The number of halogens is 3. The summed E-state index contributed by atoms with van der Waals surface area (Å²) in [5.41, 5.74) is -3.63. The van der Waals surface area contributed by atoms with Crippen LogP contribution in [-0.4, -0.2) is 31.0 Å². The second kappa shape index (κ2) is 8.14. The minimum absolute atomic E-state index is 0.00631. The first-order chi connectivity index (χ1) is 13.3. The maximum Gasteiger partial charge on any atom is 0.446 e. The smallest absolute Gasteiger partial charge is 0.446 e. The number of alkyl halides is 3. The van der Waals surface area contributed by atoms with Crippen LogP contribution in [0.15, 0.2) is 47.4 Å². The molecule has 9 heteroatoms. The lowest BCUT2D eigenvalue weighted by Crippen LogP contribution is -2.24. The van der Waals surface area contributed by atoms with Crippen LogP contribution in [0.3, 0.4) is 0 Å². The minimum atomic E-state index is -4.50. The number of carbonyl (C=O) groups excluding carboxylic acids is 2. The Kier molecular flexibility index (Phi) is 5.83. The van der Waals surface area contributed by atoms with Crippen molar-refractivity contribution in [3.05, 3.63) is 48.0 Å². The number of methoxy groups -OCH3 is 1. The van der Waals surface area contributed by atoms with Crippen LogP contribution in [0.1, 0.15) is 23.2 Å². The first-order valence-corrected chi connectivity index (χ1v) is 9.24. The molecule has 0 spiro atoms. The van der Waals surface area contributed by atoms with Crippen LogP contribution in [0, 0.1) is 0 Å². The number of carbonyl (C=O) groups is 2. The maximum atomic E-state index is 12.7. The Bertz CT molecular complexity index is 902. The van der Waals surface area contributed by atoms with Crippen molar-refractivity contribution < 1.29 is 27.5 Å². The monoisotopic (exact) mass is 410 g/mol. The molecular formula is C19H17F3N2O3S. The number of rotatable bonds is 5. The first kappa shape index (κ1) is 20.1. The molecule has 1 fully saturated rings. The number of nitrogens with zero attached hydrogens (tertiary/aromatic N) is 1. The minimum Gasteiger partial charge on any atom is -0.494 e. The van der Waals surface area contributed by atoms with Gasteiger partial charge in [0.1, 0.15) is 5.75 Å². The number of benzene rings is 2. The van der Waals surface area contributed by atoms with Gasteiger partial charge in [0, 0.05) is 29.6 Å². The standard InChI is InChI=1S/C19H17F3N2O3S/c1-27-15-11-12(8-9-14(15)24-10-4-7-17(24)25)23-18(26)13-5-2-3-6-16(13)28-19(20,21)22/h2-3,5-6,8-9,11H,4,7,10H2,1H3,(H,23,26). The molecule has 5 nitrogen and oxygen atoms in total. The molecule has 0 saturated carbocycles. The summed E-state index contributed by atoms with van der Waals surface area (Å²) in [6, 6.07) is 10.3. The highest BCUT2D eigenvalue weighted by Gasteiger charge is 2.31. The SMILES string of the molecule is COc1cc(NC(=O)c2ccccc2SC(F)(F)F)ccc1N1CCCC1=O. The third-order valence-corrected chi connectivity index (χ3v) is 4.97. The molecule has 0 atom stereocenters. The van der Waals surface area contributed by atoms with Gasteiger partial charge in [-0.1, -0.05) is 12.1 Å². The summed E-state index contributed by atoms with van der Waals surface area (Å²) < 4.78 is 43.5. The van der Waals surface area contributed by atoms with Gasteiger partial charge in [0.05, 0.1) is 18.4 Å². The van der Waals surface area contributed by atoms with Crippen molar-refractivity contribution in [2.75, 3.05) is 23.9 Å². The third kappa shape index (κ3) is 4.59. The van der Waals surface area contributed by atoms with Crippen LogP contribution in [0.5, 0.6) is 5.75 Å². The number of hydrogen-bond donors (Lipinski definition) is 1. The molecule has 2 amide bonds. The average molecular weight is 410 g/mol. The van der Waals surface area contributed by atoms with Crippen LogP contribution in [-0.2, 0) is 4.79 Å². The van der Waals surface area contributed by atoms with Gasteiger partial charge in [-0.15, -0.1) is 0 Å². The maximum absolute atomic E-state index is 12.7. The Balaban J connectivity index is 1.82. The summed E-state index contributed by atoms with van der Waals surface area (Å²) >= 11 is -0.336. The van der Waals surface area contributed by atoms with E-state index in [2.05, 4.69) is 5.32 Å². The van der Waals surface area contributed by atoms with Crippen molar-refractivity contribution in [3.63, 3.8) is 0 Å². The van der Waals surface area contributed by atoms with Crippen molar-refractivity contribution in [2.45, 2.75) is 23.2 Å². The van der Waals surface area contributed by atoms with E-state index in [-0.39, 0.29) is 28.1 Å². The summed E-state index contributed by atoms with van der Waals surface area (Å²) in [4.78, 5) is 25.9. The zero-order valence-corrected chi connectivity index (χ0v) is 15.7. The summed E-state index contributed by atoms with van der Waals surface area (Å²) in [6.07, 6.45) is 1.23. The Morgan fingerprint density at radius 3 is 2.61 bits per heavy atom. The zero-order chi connectivity index (χ0) is 20.3. The summed E-state index contributed by atoms with van der Waals surface area (Å²) in [7, 11) is 1.44. The van der Waals surface area contributed by atoms with Gasteiger partial charge in [0.25, 0.3) is 5.91 Å². The lowest BCUT2D eigenvalue weighted by atomic mass is 10.2.